The van der Waals surface area contributed by atoms with Gasteiger partial charge in [0.25, 0.3) is 0 Å². The second-order valence-corrected chi connectivity index (χ2v) is 6.68. The van der Waals surface area contributed by atoms with Crippen LogP contribution in [0.15, 0.2) is 18.2 Å². The zero-order chi connectivity index (χ0) is 14.7. The summed E-state index contributed by atoms with van der Waals surface area (Å²) >= 11 is 0. The maximum atomic E-state index is 5.96. The molecule has 0 aliphatic heterocycles. The van der Waals surface area contributed by atoms with Gasteiger partial charge in [0, 0.05) is 17.8 Å². The Kier molecular flexibility index (Phi) is 4.79. The van der Waals surface area contributed by atoms with Crippen LogP contribution in [0.25, 0.3) is 0 Å². The first-order valence-electron chi connectivity index (χ1n) is 7.76. The Morgan fingerprint density at radius 3 is 2.40 bits per heavy atom. The molecule has 0 radical (unpaired) electrons. The van der Waals surface area contributed by atoms with Gasteiger partial charge >= 0.3 is 0 Å². The number of nitrogens with two attached hydrogens (primary N) is 1. The Morgan fingerprint density at radius 2 is 1.80 bits per heavy atom. The Balaban J connectivity index is 2.05. The minimum Gasteiger partial charge on any atom is -0.489 e. The number of benzene rings is 1. The van der Waals surface area contributed by atoms with Gasteiger partial charge in [0.05, 0.1) is 11.8 Å². The lowest BCUT2D eigenvalue weighted by atomic mass is 9.80. The Morgan fingerprint density at radius 1 is 1.15 bits per heavy atom. The number of rotatable bonds is 4. The average molecular weight is 276 g/mol. The van der Waals surface area contributed by atoms with Crippen molar-refractivity contribution in [1.29, 1.82) is 0 Å². The molecule has 1 aromatic carbocycles. The normalized spacial score (nSPS) is 26.6. The van der Waals surface area contributed by atoms with E-state index in [1.165, 1.54) is 19.3 Å². The summed E-state index contributed by atoms with van der Waals surface area (Å²) in [6.07, 6.45) is 3.98. The summed E-state index contributed by atoms with van der Waals surface area (Å²) < 4.78 is 5.75. The summed E-state index contributed by atoms with van der Waals surface area (Å²) in [5.41, 5.74) is 7.78. The average Bonchev–Trinajstić information content (AvgIpc) is 2.31. The fourth-order valence-electron chi connectivity index (χ4n) is 3.28. The number of hydrogen-bond donors (Lipinski definition) is 2. The number of ether oxygens (including phenoxy) is 1. The predicted molar refractivity (Wildman–Crippen MR) is 86.2 cm³/mol. The molecule has 20 heavy (non-hydrogen) atoms. The summed E-state index contributed by atoms with van der Waals surface area (Å²) in [5, 5.41) is 3.65. The fourth-order valence-corrected chi connectivity index (χ4v) is 3.28. The van der Waals surface area contributed by atoms with Crippen LogP contribution in [0.2, 0.25) is 0 Å². The highest BCUT2D eigenvalue weighted by molar-refractivity contribution is 5.61. The molecule has 1 aliphatic carbocycles. The summed E-state index contributed by atoms with van der Waals surface area (Å²) in [5.74, 6) is 2.38. The van der Waals surface area contributed by atoms with Crippen molar-refractivity contribution in [3.8, 4) is 5.75 Å². The number of nitrogens with one attached hydrogen (secondary N) is 1. The molecule has 3 heteroatoms. The van der Waals surface area contributed by atoms with Crippen molar-refractivity contribution < 1.29 is 4.74 Å². The molecule has 0 saturated heterocycles. The molecule has 1 fully saturated rings. The molecular formula is C17H28N2O. The first-order chi connectivity index (χ1) is 9.44. The van der Waals surface area contributed by atoms with Crippen LogP contribution in [0.3, 0.4) is 0 Å². The van der Waals surface area contributed by atoms with Crippen molar-refractivity contribution in [2.75, 3.05) is 11.1 Å². The highest BCUT2D eigenvalue weighted by Crippen LogP contribution is 2.32. The van der Waals surface area contributed by atoms with Gasteiger partial charge in [-0.15, -0.1) is 0 Å². The predicted octanol–water partition coefficient (Wildman–Crippen LogP) is 4.29. The smallest absolute Gasteiger partial charge is 0.144 e. The molecule has 0 bridgehead atoms. The maximum absolute atomic E-state index is 5.96. The molecular weight excluding hydrogens is 248 g/mol. The van der Waals surface area contributed by atoms with Crippen molar-refractivity contribution in [2.24, 2.45) is 11.8 Å². The van der Waals surface area contributed by atoms with Crippen molar-refractivity contribution in [1.82, 2.24) is 0 Å². The van der Waals surface area contributed by atoms with Crippen LogP contribution >= 0.6 is 0 Å². The zero-order valence-electron chi connectivity index (χ0n) is 13.1. The molecule has 1 aliphatic rings. The molecule has 0 spiro atoms. The van der Waals surface area contributed by atoms with Gasteiger partial charge in [-0.05, 0) is 57.1 Å². The summed E-state index contributed by atoms with van der Waals surface area (Å²) in [6, 6.07) is 6.56. The van der Waals surface area contributed by atoms with Gasteiger partial charge in [-0.3, -0.25) is 0 Å². The Bertz CT molecular complexity index is 435. The Hall–Kier alpha value is -1.38. The number of nitrogen functional groups attached to an aromatic ring is 1. The van der Waals surface area contributed by atoms with Crippen LogP contribution in [0.4, 0.5) is 11.4 Å². The maximum Gasteiger partial charge on any atom is 0.144 e. The van der Waals surface area contributed by atoms with E-state index in [-0.39, 0.29) is 6.10 Å². The monoisotopic (exact) mass is 276 g/mol. The van der Waals surface area contributed by atoms with Gasteiger partial charge in [-0.25, -0.2) is 0 Å². The third-order valence-corrected chi connectivity index (χ3v) is 3.93. The van der Waals surface area contributed by atoms with Crippen LogP contribution in [0, 0.1) is 11.8 Å². The van der Waals surface area contributed by atoms with E-state index in [4.69, 9.17) is 10.5 Å². The van der Waals surface area contributed by atoms with E-state index >= 15 is 0 Å². The summed E-state index contributed by atoms with van der Waals surface area (Å²) in [6.45, 7) is 8.73. The van der Waals surface area contributed by atoms with Gasteiger partial charge in [0.2, 0.25) is 0 Å². The van der Waals surface area contributed by atoms with Crippen LogP contribution in [0.1, 0.15) is 47.0 Å². The molecule has 112 valence electrons. The number of anilines is 2. The quantitative estimate of drug-likeness (QED) is 0.806. The molecule has 2 rings (SSSR count). The zero-order valence-corrected chi connectivity index (χ0v) is 13.1. The SMILES string of the molecule is CC1CC(C)CC(Nc2ccc(N)c(OC(C)C)c2)C1. The van der Waals surface area contributed by atoms with E-state index in [2.05, 4.69) is 19.2 Å². The largest absolute Gasteiger partial charge is 0.489 e. The van der Waals surface area contributed by atoms with Crippen LogP contribution in [-0.4, -0.2) is 12.1 Å². The first-order valence-corrected chi connectivity index (χ1v) is 7.76. The van der Waals surface area contributed by atoms with Crippen molar-refractivity contribution in [2.45, 2.75) is 59.1 Å². The number of hydrogen-bond acceptors (Lipinski definition) is 3. The second-order valence-electron chi connectivity index (χ2n) is 6.68. The topological polar surface area (TPSA) is 47.3 Å². The highest BCUT2D eigenvalue weighted by Gasteiger charge is 2.23. The van der Waals surface area contributed by atoms with Crippen molar-refractivity contribution in [3.05, 3.63) is 18.2 Å². The first kappa shape index (κ1) is 15.0. The minimum absolute atomic E-state index is 0.141. The van der Waals surface area contributed by atoms with Gasteiger partial charge < -0.3 is 15.8 Å². The van der Waals surface area contributed by atoms with Gasteiger partial charge in [-0.2, -0.15) is 0 Å². The molecule has 2 atom stereocenters. The third-order valence-electron chi connectivity index (χ3n) is 3.93. The molecule has 1 saturated carbocycles. The molecule has 0 aromatic heterocycles. The van der Waals surface area contributed by atoms with Gasteiger partial charge in [0.1, 0.15) is 5.75 Å². The lowest BCUT2D eigenvalue weighted by Crippen LogP contribution is -2.30. The molecule has 0 heterocycles. The lowest BCUT2D eigenvalue weighted by Gasteiger charge is -2.32. The van der Waals surface area contributed by atoms with Crippen molar-refractivity contribution in [3.63, 3.8) is 0 Å². The van der Waals surface area contributed by atoms with Gasteiger partial charge in [0.15, 0.2) is 0 Å². The van der Waals surface area contributed by atoms with E-state index < -0.39 is 0 Å². The van der Waals surface area contributed by atoms with Gasteiger partial charge in [-0.1, -0.05) is 13.8 Å². The van der Waals surface area contributed by atoms with E-state index in [1.54, 1.807) is 0 Å². The fraction of sp³-hybridized carbons (Fsp3) is 0.647. The van der Waals surface area contributed by atoms with E-state index in [9.17, 15) is 0 Å². The molecule has 1 aromatic rings. The van der Waals surface area contributed by atoms with Crippen LogP contribution in [0.5, 0.6) is 5.75 Å². The van der Waals surface area contributed by atoms with E-state index in [0.29, 0.717) is 11.7 Å². The summed E-state index contributed by atoms with van der Waals surface area (Å²) in [7, 11) is 0. The van der Waals surface area contributed by atoms with Crippen LogP contribution in [-0.2, 0) is 0 Å². The Labute approximate surface area is 122 Å². The van der Waals surface area contributed by atoms with E-state index in [1.807, 2.05) is 32.0 Å². The molecule has 2 unspecified atom stereocenters. The molecule has 0 amide bonds. The minimum atomic E-state index is 0.141. The second kappa shape index (κ2) is 6.38. The van der Waals surface area contributed by atoms with Crippen molar-refractivity contribution >= 4 is 11.4 Å². The lowest BCUT2D eigenvalue weighted by molar-refractivity contribution is 0.244. The summed E-state index contributed by atoms with van der Waals surface area (Å²) in [4.78, 5) is 0. The highest BCUT2D eigenvalue weighted by atomic mass is 16.5. The van der Waals surface area contributed by atoms with Crippen LogP contribution < -0.4 is 15.8 Å². The molecule has 3 nitrogen and oxygen atoms in total. The standard InChI is InChI=1S/C17H28N2O/c1-11(2)20-17-10-14(5-6-16(17)18)19-15-8-12(3)7-13(4)9-15/h5-6,10-13,15,19H,7-9,18H2,1-4H3. The van der Waals surface area contributed by atoms with E-state index in [0.717, 1.165) is 23.3 Å². The molecule has 3 N–H and O–H groups in total. The third kappa shape index (κ3) is 4.06.